The van der Waals surface area contributed by atoms with Crippen LogP contribution in [0, 0.1) is 0 Å². The summed E-state index contributed by atoms with van der Waals surface area (Å²) in [5.74, 6) is 0.242. The number of ether oxygens (including phenoxy) is 1. The van der Waals surface area contributed by atoms with E-state index in [9.17, 15) is 4.79 Å². The van der Waals surface area contributed by atoms with E-state index in [-0.39, 0.29) is 17.4 Å². The standard InChI is InChI=1S/C23H29N3O2/c1-28-15-14-26-22(27)21(20-7-3-2-4-8-20)16-23(26)9-12-25(13-10-23)18-19-6-5-11-24-17-19/h2-8,11,17,21H,9-10,12-16,18H2,1H3/t21-/m1/s1. The molecule has 0 bridgehead atoms. The van der Waals surface area contributed by atoms with E-state index in [4.69, 9.17) is 4.74 Å². The molecule has 4 rings (SSSR count). The lowest BCUT2D eigenvalue weighted by atomic mass is 9.81. The maximum Gasteiger partial charge on any atom is 0.230 e. The molecule has 2 fully saturated rings. The van der Waals surface area contributed by atoms with Gasteiger partial charge in [0, 0.05) is 51.2 Å². The average Bonchev–Trinajstić information content (AvgIpc) is 3.01. The molecule has 1 amide bonds. The molecule has 5 nitrogen and oxygen atoms in total. The van der Waals surface area contributed by atoms with Gasteiger partial charge in [0.1, 0.15) is 0 Å². The van der Waals surface area contributed by atoms with Crippen LogP contribution in [0.15, 0.2) is 54.9 Å². The second-order valence-corrected chi connectivity index (χ2v) is 8.01. The van der Waals surface area contributed by atoms with E-state index in [2.05, 4.69) is 33.0 Å². The fourth-order valence-corrected chi connectivity index (χ4v) is 4.83. The van der Waals surface area contributed by atoms with Crippen molar-refractivity contribution in [3.05, 3.63) is 66.0 Å². The third-order valence-corrected chi connectivity index (χ3v) is 6.36. The van der Waals surface area contributed by atoms with Gasteiger partial charge in [0.05, 0.1) is 12.5 Å². The van der Waals surface area contributed by atoms with Gasteiger partial charge in [0.2, 0.25) is 5.91 Å². The molecule has 2 aromatic rings. The minimum absolute atomic E-state index is 0.0251. The average molecular weight is 380 g/mol. The third kappa shape index (κ3) is 3.82. The van der Waals surface area contributed by atoms with Crippen LogP contribution in [0.4, 0.5) is 0 Å². The number of hydrogen-bond acceptors (Lipinski definition) is 4. The minimum atomic E-state index is -0.0401. The number of piperidine rings is 1. The number of carbonyl (C=O) groups is 1. The Bertz CT molecular complexity index is 773. The molecule has 0 N–H and O–H groups in total. The molecule has 0 radical (unpaired) electrons. The highest BCUT2D eigenvalue weighted by Gasteiger charge is 2.51. The van der Waals surface area contributed by atoms with Crippen LogP contribution >= 0.6 is 0 Å². The Hall–Kier alpha value is -2.24. The monoisotopic (exact) mass is 379 g/mol. The summed E-state index contributed by atoms with van der Waals surface area (Å²) in [5.41, 5.74) is 2.35. The zero-order valence-corrected chi connectivity index (χ0v) is 16.6. The van der Waals surface area contributed by atoms with Crippen molar-refractivity contribution < 1.29 is 9.53 Å². The maximum absolute atomic E-state index is 13.3. The van der Waals surface area contributed by atoms with Gasteiger partial charge in [-0.2, -0.15) is 0 Å². The van der Waals surface area contributed by atoms with E-state index in [1.54, 1.807) is 7.11 Å². The van der Waals surface area contributed by atoms with E-state index < -0.39 is 0 Å². The number of rotatable bonds is 6. The molecule has 28 heavy (non-hydrogen) atoms. The van der Waals surface area contributed by atoms with Crippen LogP contribution in [0.3, 0.4) is 0 Å². The molecule has 0 unspecified atom stereocenters. The van der Waals surface area contributed by atoms with Crippen molar-refractivity contribution in [3.8, 4) is 0 Å². The van der Waals surface area contributed by atoms with Gasteiger partial charge in [-0.05, 0) is 36.5 Å². The number of carbonyl (C=O) groups excluding carboxylic acids is 1. The summed E-state index contributed by atoms with van der Waals surface area (Å²) in [6, 6.07) is 14.4. The molecule has 3 heterocycles. The first-order valence-corrected chi connectivity index (χ1v) is 10.2. The lowest BCUT2D eigenvalue weighted by molar-refractivity contribution is -0.134. The lowest BCUT2D eigenvalue weighted by Gasteiger charge is -2.45. The molecule has 148 valence electrons. The Morgan fingerprint density at radius 3 is 2.61 bits per heavy atom. The first-order valence-electron chi connectivity index (χ1n) is 10.2. The molecule has 1 aromatic carbocycles. The normalized spacial score (nSPS) is 22.1. The van der Waals surface area contributed by atoms with Crippen LogP contribution in [0.25, 0.3) is 0 Å². The quantitative estimate of drug-likeness (QED) is 0.774. The molecule has 1 aromatic heterocycles. The van der Waals surface area contributed by atoms with Crippen molar-refractivity contribution in [1.82, 2.24) is 14.8 Å². The van der Waals surface area contributed by atoms with Crippen LogP contribution in [-0.2, 0) is 16.1 Å². The predicted molar refractivity (Wildman–Crippen MR) is 109 cm³/mol. The van der Waals surface area contributed by atoms with Gasteiger partial charge < -0.3 is 9.64 Å². The van der Waals surface area contributed by atoms with Crippen molar-refractivity contribution in [1.29, 1.82) is 0 Å². The molecule has 0 saturated carbocycles. The molecule has 2 saturated heterocycles. The molecule has 0 aliphatic carbocycles. The van der Waals surface area contributed by atoms with Crippen LogP contribution in [0.5, 0.6) is 0 Å². The molecule has 2 aliphatic rings. The minimum Gasteiger partial charge on any atom is -0.383 e. The zero-order valence-electron chi connectivity index (χ0n) is 16.6. The van der Waals surface area contributed by atoms with E-state index in [0.717, 1.165) is 44.5 Å². The van der Waals surface area contributed by atoms with Crippen molar-refractivity contribution in [3.63, 3.8) is 0 Å². The Kier molecular flexibility index (Phi) is 5.74. The van der Waals surface area contributed by atoms with Crippen molar-refractivity contribution in [2.24, 2.45) is 0 Å². The third-order valence-electron chi connectivity index (χ3n) is 6.36. The van der Waals surface area contributed by atoms with E-state index in [0.29, 0.717) is 13.2 Å². The highest BCUT2D eigenvalue weighted by atomic mass is 16.5. The van der Waals surface area contributed by atoms with Crippen LogP contribution in [-0.4, -0.2) is 59.6 Å². The SMILES string of the molecule is COCCN1C(=O)[C@@H](c2ccccc2)CC12CCN(Cc1cccnc1)CC2. The van der Waals surface area contributed by atoms with Crippen LogP contribution < -0.4 is 0 Å². The second-order valence-electron chi connectivity index (χ2n) is 8.01. The highest BCUT2D eigenvalue weighted by Crippen LogP contribution is 2.45. The van der Waals surface area contributed by atoms with Crippen LogP contribution in [0.1, 0.15) is 36.3 Å². The highest BCUT2D eigenvalue weighted by molar-refractivity contribution is 5.87. The van der Waals surface area contributed by atoms with E-state index in [1.165, 1.54) is 5.56 Å². The van der Waals surface area contributed by atoms with Gasteiger partial charge in [-0.25, -0.2) is 0 Å². The van der Waals surface area contributed by atoms with Gasteiger partial charge in [0.25, 0.3) is 0 Å². The number of benzene rings is 1. The molecular weight excluding hydrogens is 350 g/mol. The summed E-state index contributed by atoms with van der Waals surface area (Å²) in [7, 11) is 1.71. The van der Waals surface area contributed by atoms with Gasteiger partial charge in [-0.3, -0.25) is 14.7 Å². The topological polar surface area (TPSA) is 45.7 Å². The van der Waals surface area contributed by atoms with Gasteiger partial charge in [-0.15, -0.1) is 0 Å². The Morgan fingerprint density at radius 2 is 1.93 bits per heavy atom. The second kappa shape index (κ2) is 8.41. The number of methoxy groups -OCH3 is 1. The Balaban J connectivity index is 1.49. The Morgan fingerprint density at radius 1 is 1.14 bits per heavy atom. The van der Waals surface area contributed by atoms with E-state index in [1.807, 2.05) is 36.7 Å². The van der Waals surface area contributed by atoms with Crippen LogP contribution in [0.2, 0.25) is 0 Å². The number of pyridine rings is 1. The zero-order chi connectivity index (χ0) is 19.4. The molecule has 2 aliphatic heterocycles. The first kappa shape index (κ1) is 19.1. The summed E-state index contributed by atoms with van der Waals surface area (Å²) in [4.78, 5) is 22.2. The number of nitrogens with zero attached hydrogens (tertiary/aromatic N) is 3. The molecule has 1 spiro atoms. The summed E-state index contributed by atoms with van der Waals surface area (Å²) < 4.78 is 5.32. The first-order chi connectivity index (χ1) is 13.7. The number of aromatic nitrogens is 1. The fraction of sp³-hybridized carbons (Fsp3) is 0.478. The predicted octanol–water partition coefficient (Wildman–Crippen LogP) is 3.08. The maximum atomic E-state index is 13.3. The van der Waals surface area contributed by atoms with Crippen molar-refractivity contribution in [2.45, 2.75) is 37.3 Å². The summed E-state index contributed by atoms with van der Waals surface area (Å²) in [6.07, 6.45) is 6.72. The molecular formula is C23H29N3O2. The number of hydrogen-bond donors (Lipinski definition) is 0. The van der Waals surface area contributed by atoms with E-state index >= 15 is 0 Å². The molecule has 5 heteroatoms. The van der Waals surface area contributed by atoms with Gasteiger partial charge >= 0.3 is 0 Å². The smallest absolute Gasteiger partial charge is 0.230 e. The van der Waals surface area contributed by atoms with Gasteiger partial charge in [-0.1, -0.05) is 36.4 Å². The van der Waals surface area contributed by atoms with Crippen molar-refractivity contribution >= 4 is 5.91 Å². The number of likely N-dealkylation sites (tertiary alicyclic amines) is 2. The summed E-state index contributed by atoms with van der Waals surface area (Å²) in [5, 5.41) is 0. The lowest BCUT2D eigenvalue weighted by Crippen LogP contribution is -2.53. The van der Waals surface area contributed by atoms with Crippen molar-refractivity contribution in [2.75, 3.05) is 33.4 Å². The molecule has 1 atom stereocenters. The van der Waals surface area contributed by atoms with Gasteiger partial charge in [0.15, 0.2) is 0 Å². The fourth-order valence-electron chi connectivity index (χ4n) is 4.83. The largest absolute Gasteiger partial charge is 0.383 e. The number of amides is 1. The summed E-state index contributed by atoms with van der Waals surface area (Å²) in [6.45, 7) is 4.22. The summed E-state index contributed by atoms with van der Waals surface area (Å²) >= 11 is 0. The Labute approximate surface area is 167 Å².